The molecule has 3 aromatic rings. The minimum absolute atomic E-state index is 0.0413. The van der Waals surface area contributed by atoms with Crippen LogP contribution in [0.1, 0.15) is 40.0 Å². The highest BCUT2D eigenvalue weighted by Gasteiger charge is 2.18. The van der Waals surface area contributed by atoms with Crippen LogP contribution in [0.25, 0.3) is 0 Å². The summed E-state index contributed by atoms with van der Waals surface area (Å²) in [5.41, 5.74) is 4.02. The Hall–Kier alpha value is -3.60. The maximum atomic E-state index is 13.1. The van der Waals surface area contributed by atoms with Gasteiger partial charge in [0.15, 0.2) is 0 Å². The first kappa shape index (κ1) is 26.0. The van der Waals surface area contributed by atoms with E-state index in [4.69, 9.17) is 5.26 Å². The van der Waals surface area contributed by atoms with Gasteiger partial charge in [-0.25, -0.2) is 0 Å². The molecule has 0 saturated carbocycles. The Morgan fingerprint density at radius 3 is 2.46 bits per heavy atom. The van der Waals surface area contributed by atoms with Crippen molar-refractivity contribution >= 4 is 29.3 Å². The molecule has 0 aliphatic carbocycles. The summed E-state index contributed by atoms with van der Waals surface area (Å²) in [5, 5.41) is 14.9. The fourth-order valence-corrected chi connectivity index (χ4v) is 4.50. The molecule has 7 heteroatoms. The number of nitrogens with zero attached hydrogens (tertiary/aromatic N) is 2. The van der Waals surface area contributed by atoms with Gasteiger partial charge in [-0.05, 0) is 62.0 Å². The second-order valence-corrected chi connectivity index (χ2v) is 9.33. The van der Waals surface area contributed by atoms with Gasteiger partial charge in [-0.3, -0.25) is 9.59 Å². The van der Waals surface area contributed by atoms with E-state index in [1.807, 2.05) is 32.3 Å². The Balaban J connectivity index is 1.62. The molecular weight excluding hydrogens is 456 g/mol. The van der Waals surface area contributed by atoms with Crippen LogP contribution >= 0.6 is 11.8 Å². The third-order valence-corrected chi connectivity index (χ3v) is 6.69. The minimum atomic E-state index is -0.205. The summed E-state index contributed by atoms with van der Waals surface area (Å²) in [6, 6.07) is 24.6. The van der Waals surface area contributed by atoms with Gasteiger partial charge >= 0.3 is 0 Å². The summed E-state index contributed by atoms with van der Waals surface area (Å²) in [4.78, 5) is 28.3. The number of carbonyl (C=O) groups is 2. The molecule has 0 saturated heterocycles. The first-order chi connectivity index (χ1) is 16.9. The van der Waals surface area contributed by atoms with Crippen LogP contribution in [0.4, 0.5) is 5.69 Å². The van der Waals surface area contributed by atoms with Crippen molar-refractivity contribution < 1.29 is 9.59 Å². The van der Waals surface area contributed by atoms with Crippen LogP contribution in [0.15, 0.2) is 77.7 Å². The number of likely N-dealkylation sites (N-methyl/N-ethyl adjacent to an activating group) is 1. The average Bonchev–Trinajstić information content (AvgIpc) is 2.88. The zero-order valence-electron chi connectivity index (χ0n) is 20.2. The topological polar surface area (TPSA) is 85.2 Å². The van der Waals surface area contributed by atoms with Gasteiger partial charge in [0, 0.05) is 17.1 Å². The van der Waals surface area contributed by atoms with Gasteiger partial charge in [-0.2, -0.15) is 5.26 Å². The largest absolute Gasteiger partial charge is 0.350 e. The second-order valence-electron chi connectivity index (χ2n) is 8.31. The number of hydrogen-bond acceptors (Lipinski definition) is 5. The lowest BCUT2D eigenvalue weighted by atomic mass is 10.0. The van der Waals surface area contributed by atoms with Gasteiger partial charge in [-0.1, -0.05) is 49.4 Å². The van der Waals surface area contributed by atoms with Crippen molar-refractivity contribution in [1.29, 1.82) is 5.26 Å². The summed E-state index contributed by atoms with van der Waals surface area (Å²) in [6.07, 6.45) is 0.988. The zero-order chi connectivity index (χ0) is 25.2. The Kier molecular flexibility index (Phi) is 9.47. The van der Waals surface area contributed by atoms with Gasteiger partial charge in [0.1, 0.15) is 0 Å². The van der Waals surface area contributed by atoms with Crippen LogP contribution in [0, 0.1) is 11.3 Å². The van der Waals surface area contributed by atoms with Crippen LogP contribution in [-0.4, -0.2) is 43.1 Å². The molecule has 3 rings (SSSR count). The summed E-state index contributed by atoms with van der Waals surface area (Å²) in [5.74, 6) is -0.235. The third-order valence-electron chi connectivity index (χ3n) is 5.62. The molecule has 0 bridgehead atoms. The minimum Gasteiger partial charge on any atom is -0.350 e. The van der Waals surface area contributed by atoms with Crippen molar-refractivity contribution in [3.05, 3.63) is 95.1 Å². The van der Waals surface area contributed by atoms with Crippen LogP contribution in [0.2, 0.25) is 0 Å². The number of nitrogens with one attached hydrogen (secondary N) is 2. The molecule has 0 heterocycles. The number of thioether (sulfide) groups is 1. The molecule has 0 spiro atoms. The molecule has 1 atom stereocenters. The lowest BCUT2D eigenvalue weighted by Crippen LogP contribution is -2.34. The molecule has 6 nitrogen and oxygen atoms in total. The Morgan fingerprint density at radius 2 is 1.77 bits per heavy atom. The summed E-state index contributed by atoms with van der Waals surface area (Å²) in [7, 11) is 4.00. The van der Waals surface area contributed by atoms with Gasteiger partial charge in [0.05, 0.1) is 29.0 Å². The average molecular weight is 487 g/mol. The number of rotatable bonds is 10. The first-order valence-electron chi connectivity index (χ1n) is 11.5. The molecule has 0 aromatic heterocycles. The van der Waals surface area contributed by atoms with E-state index in [1.54, 1.807) is 30.3 Å². The van der Waals surface area contributed by atoms with E-state index >= 15 is 0 Å². The number of benzene rings is 3. The maximum Gasteiger partial charge on any atom is 0.252 e. The van der Waals surface area contributed by atoms with Gasteiger partial charge in [0.2, 0.25) is 5.91 Å². The number of hydrogen-bond donors (Lipinski definition) is 2. The van der Waals surface area contributed by atoms with Crippen molar-refractivity contribution in [1.82, 2.24) is 10.2 Å². The Labute approximate surface area is 211 Å². The molecule has 180 valence electrons. The van der Waals surface area contributed by atoms with Crippen LogP contribution in [0.3, 0.4) is 0 Å². The fraction of sp³-hybridized carbons (Fsp3) is 0.250. The lowest BCUT2D eigenvalue weighted by Gasteiger charge is -2.25. The van der Waals surface area contributed by atoms with Gasteiger partial charge < -0.3 is 15.5 Å². The predicted octanol–water partition coefficient (Wildman–Crippen LogP) is 4.88. The normalized spacial score (nSPS) is 11.5. The number of aryl methyl sites for hydroxylation is 1. The molecular formula is C28H30N4O2S. The summed E-state index contributed by atoms with van der Waals surface area (Å²) >= 11 is 1.31. The molecule has 35 heavy (non-hydrogen) atoms. The van der Waals surface area contributed by atoms with E-state index < -0.39 is 0 Å². The van der Waals surface area contributed by atoms with Gasteiger partial charge in [0.25, 0.3) is 5.91 Å². The molecule has 0 aliphatic rings. The highest BCUT2D eigenvalue weighted by atomic mass is 32.2. The van der Waals surface area contributed by atoms with Crippen LogP contribution in [-0.2, 0) is 11.2 Å². The number of amides is 2. The SMILES string of the molecule is CCc1ccc(C(CNC(=O)c2ccccc2SCC(=O)Nc2cccc(C#N)c2)N(C)C)cc1. The molecule has 0 fully saturated rings. The quantitative estimate of drug-likeness (QED) is 0.399. The first-order valence-corrected chi connectivity index (χ1v) is 12.4. The van der Waals surface area contributed by atoms with Crippen molar-refractivity contribution in [3.8, 4) is 6.07 Å². The highest BCUT2D eigenvalue weighted by molar-refractivity contribution is 8.00. The molecule has 0 aliphatic heterocycles. The second kappa shape index (κ2) is 12.7. The third kappa shape index (κ3) is 7.44. The maximum absolute atomic E-state index is 13.1. The summed E-state index contributed by atoms with van der Waals surface area (Å²) in [6.45, 7) is 2.59. The molecule has 0 radical (unpaired) electrons. The van der Waals surface area contributed by atoms with E-state index in [1.165, 1.54) is 17.3 Å². The van der Waals surface area contributed by atoms with E-state index in [0.29, 0.717) is 23.4 Å². The highest BCUT2D eigenvalue weighted by Crippen LogP contribution is 2.24. The van der Waals surface area contributed by atoms with E-state index in [9.17, 15) is 9.59 Å². The number of anilines is 1. The molecule has 1 unspecified atom stereocenters. The smallest absolute Gasteiger partial charge is 0.252 e. The number of carbonyl (C=O) groups excluding carboxylic acids is 2. The standard InChI is InChI=1S/C28H30N4O2S/c1-4-20-12-14-22(15-13-20)25(32(2)3)18-30-28(34)24-10-5-6-11-26(24)35-19-27(33)31-23-9-7-8-21(16-23)17-29/h5-16,25H,4,18-19H2,1-3H3,(H,30,34)(H,31,33). The molecule has 3 aromatic carbocycles. The van der Waals surface area contributed by atoms with Gasteiger partial charge in [-0.15, -0.1) is 11.8 Å². The van der Waals surface area contributed by atoms with Crippen LogP contribution in [0.5, 0.6) is 0 Å². The predicted molar refractivity (Wildman–Crippen MR) is 142 cm³/mol. The van der Waals surface area contributed by atoms with E-state index in [0.717, 1.165) is 16.9 Å². The van der Waals surface area contributed by atoms with E-state index in [-0.39, 0.29) is 23.6 Å². The van der Waals surface area contributed by atoms with Crippen molar-refractivity contribution in [2.75, 3.05) is 31.7 Å². The fourth-order valence-electron chi connectivity index (χ4n) is 3.65. The van der Waals surface area contributed by atoms with Crippen molar-refractivity contribution in [2.45, 2.75) is 24.3 Å². The lowest BCUT2D eigenvalue weighted by molar-refractivity contribution is -0.113. The van der Waals surface area contributed by atoms with Crippen molar-refractivity contribution in [2.24, 2.45) is 0 Å². The zero-order valence-corrected chi connectivity index (χ0v) is 21.1. The molecule has 2 amide bonds. The van der Waals surface area contributed by atoms with Crippen molar-refractivity contribution in [3.63, 3.8) is 0 Å². The molecule has 2 N–H and O–H groups in total. The Bertz CT molecular complexity index is 1200. The summed E-state index contributed by atoms with van der Waals surface area (Å²) < 4.78 is 0. The number of nitriles is 1. The monoisotopic (exact) mass is 486 g/mol. The van der Waals surface area contributed by atoms with Crippen LogP contribution < -0.4 is 10.6 Å². The Morgan fingerprint density at radius 1 is 1.03 bits per heavy atom. The van der Waals surface area contributed by atoms with E-state index in [2.05, 4.69) is 52.8 Å².